The summed E-state index contributed by atoms with van der Waals surface area (Å²) in [5.74, 6) is -1.21. The first-order chi connectivity index (χ1) is 12.1. The molecule has 132 valence electrons. The van der Waals surface area contributed by atoms with Gasteiger partial charge in [0.05, 0.1) is 23.9 Å². The zero-order valence-corrected chi connectivity index (χ0v) is 14.1. The van der Waals surface area contributed by atoms with Crippen molar-refractivity contribution in [1.82, 2.24) is 15.3 Å². The molecule has 1 aromatic heterocycles. The Morgan fingerprint density at radius 1 is 1.20 bits per heavy atom. The number of fused-ring (bicyclic) bond motifs is 1. The largest absolute Gasteiger partial charge is 0.469 e. The van der Waals surface area contributed by atoms with Gasteiger partial charge < -0.3 is 15.0 Å². The predicted octanol–water partition coefficient (Wildman–Crippen LogP) is 1.77. The van der Waals surface area contributed by atoms with Gasteiger partial charge in [0, 0.05) is 6.04 Å². The summed E-state index contributed by atoms with van der Waals surface area (Å²) in [6, 6.07) is 6.52. The number of nitrogens with one attached hydrogen (secondary N) is 2. The molecule has 1 amide bonds. The van der Waals surface area contributed by atoms with Crippen LogP contribution in [0.15, 0.2) is 29.1 Å². The molecule has 0 unspecified atom stereocenters. The highest BCUT2D eigenvalue weighted by Gasteiger charge is 2.32. The summed E-state index contributed by atoms with van der Waals surface area (Å²) >= 11 is 0. The lowest BCUT2D eigenvalue weighted by atomic mass is 9.94. The van der Waals surface area contributed by atoms with Crippen LogP contribution in [0.2, 0.25) is 0 Å². The molecule has 2 aromatic rings. The number of aromatic nitrogens is 2. The summed E-state index contributed by atoms with van der Waals surface area (Å²) in [5.41, 5.74) is 0.0999. The number of amides is 1. The van der Waals surface area contributed by atoms with Crippen LogP contribution in [0.3, 0.4) is 0 Å². The average molecular weight is 343 g/mol. The van der Waals surface area contributed by atoms with E-state index in [1.165, 1.54) is 7.11 Å². The number of carbonyl (C=O) groups excluding carboxylic acids is 2. The van der Waals surface area contributed by atoms with Crippen LogP contribution >= 0.6 is 0 Å². The van der Waals surface area contributed by atoms with Crippen molar-refractivity contribution in [2.45, 2.75) is 38.1 Å². The Morgan fingerprint density at radius 3 is 2.76 bits per heavy atom. The number of benzene rings is 1. The molecule has 1 heterocycles. The number of methoxy groups -OCH3 is 1. The molecule has 1 fully saturated rings. The molecule has 0 radical (unpaired) electrons. The van der Waals surface area contributed by atoms with E-state index in [4.69, 9.17) is 4.74 Å². The van der Waals surface area contributed by atoms with Crippen LogP contribution in [0.1, 0.15) is 42.7 Å². The van der Waals surface area contributed by atoms with Gasteiger partial charge in [-0.2, -0.15) is 0 Å². The van der Waals surface area contributed by atoms with Crippen molar-refractivity contribution >= 4 is 22.8 Å². The number of hydrogen-bond acceptors (Lipinski definition) is 5. The molecule has 25 heavy (non-hydrogen) atoms. The van der Waals surface area contributed by atoms with Gasteiger partial charge in [-0.15, -0.1) is 0 Å². The van der Waals surface area contributed by atoms with Gasteiger partial charge in [-0.3, -0.25) is 14.4 Å². The molecular formula is C18H21N3O4. The van der Waals surface area contributed by atoms with Crippen molar-refractivity contribution in [3.05, 3.63) is 40.4 Å². The topological polar surface area (TPSA) is 101 Å². The molecule has 3 rings (SSSR count). The fraction of sp³-hybridized carbons (Fsp3) is 0.444. The van der Waals surface area contributed by atoms with E-state index in [9.17, 15) is 14.4 Å². The lowest BCUT2D eigenvalue weighted by Gasteiger charge is -2.23. The third kappa shape index (κ3) is 3.70. The summed E-state index contributed by atoms with van der Waals surface area (Å²) in [6.07, 6.45) is 4.25. The fourth-order valence-electron chi connectivity index (χ4n) is 3.34. The minimum atomic E-state index is -0.483. The monoisotopic (exact) mass is 343 g/mol. The average Bonchev–Trinajstić information content (AvgIpc) is 2.86. The first-order valence-electron chi connectivity index (χ1n) is 8.48. The minimum absolute atomic E-state index is 0.0448. The number of nitrogens with zero attached hydrogens (tertiary/aromatic N) is 1. The third-order valence-electron chi connectivity index (χ3n) is 4.66. The number of para-hydroxylation sites is 1. The van der Waals surface area contributed by atoms with Crippen LogP contribution in [0.5, 0.6) is 0 Å². The molecule has 0 saturated heterocycles. The van der Waals surface area contributed by atoms with E-state index < -0.39 is 5.91 Å². The Labute approximate surface area is 144 Å². The van der Waals surface area contributed by atoms with E-state index in [2.05, 4.69) is 15.3 Å². The molecule has 0 spiro atoms. The highest BCUT2D eigenvalue weighted by molar-refractivity contribution is 5.93. The first kappa shape index (κ1) is 17.1. The summed E-state index contributed by atoms with van der Waals surface area (Å²) in [4.78, 5) is 43.5. The van der Waals surface area contributed by atoms with Crippen molar-refractivity contribution in [1.29, 1.82) is 0 Å². The van der Waals surface area contributed by atoms with Crippen LogP contribution in [0.4, 0.5) is 0 Å². The van der Waals surface area contributed by atoms with Crippen LogP contribution in [0.25, 0.3) is 10.9 Å². The lowest BCUT2D eigenvalue weighted by molar-refractivity contribution is -0.146. The van der Waals surface area contributed by atoms with Gasteiger partial charge in [-0.05, 0) is 25.0 Å². The predicted molar refractivity (Wildman–Crippen MR) is 92.2 cm³/mol. The maximum absolute atomic E-state index is 12.6. The van der Waals surface area contributed by atoms with Gasteiger partial charge in [0.1, 0.15) is 0 Å². The van der Waals surface area contributed by atoms with Crippen molar-refractivity contribution < 1.29 is 14.3 Å². The van der Waals surface area contributed by atoms with Gasteiger partial charge in [-0.1, -0.05) is 31.4 Å². The summed E-state index contributed by atoms with van der Waals surface area (Å²) < 4.78 is 4.88. The number of rotatable bonds is 3. The van der Waals surface area contributed by atoms with Gasteiger partial charge in [-0.25, -0.2) is 4.98 Å². The van der Waals surface area contributed by atoms with Gasteiger partial charge in [0.15, 0.2) is 5.82 Å². The maximum Gasteiger partial charge on any atom is 0.310 e. The summed E-state index contributed by atoms with van der Waals surface area (Å²) in [6.45, 7) is 0. The van der Waals surface area contributed by atoms with Crippen LogP contribution < -0.4 is 10.9 Å². The Morgan fingerprint density at radius 2 is 1.96 bits per heavy atom. The number of hydrogen-bond donors (Lipinski definition) is 2. The second-order valence-corrected chi connectivity index (χ2v) is 6.28. The van der Waals surface area contributed by atoms with E-state index in [1.54, 1.807) is 24.3 Å². The number of esters is 1. The van der Waals surface area contributed by atoms with Gasteiger partial charge >= 0.3 is 5.97 Å². The van der Waals surface area contributed by atoms with E-state index >= 15 is 0 Å². The van der Waals surface area contributed by atoms with Crippen LogP contribution in [-0.2, 0) is 9.53 Å². The molecule has 0 aliphatic heterocycles. The molecule has 2 N–H and O–H groups in total. The second kappa shape index (κ2) is 7.46. The van der Waals surface area contributed by atoms with E-state index in [0.717, 1.165) is 19.3 Å². The van der Waals surface area contributed by atoms with E-state index in [1.807, 2.05) is 0 Å². The first-order valence-corrected chi connectivity index (χ1v) is 8.48. The highest BCUT2D eigenvalue weighted by atomic mass is 16.5. The summed E-state index contributed by atoms with van der Waals surface area (Å²) in [5, 5.41) is 3.29. The molecule has 7 heteroatoms. The van der Waals surface area contributed by atoms with Crippen LogP contribution in [0, 0.1) is 5.92 Å². The maximum atomic E-state index is 12.6. The molecule has 1 aromatic carbocycles. The Kier molecular flexibility index (Phi) is 5.11. The minimum Gasteiger partial charge on any atom is -0.469 e. The Hall–Kier alpha value is -2.70. The normalized spacial score (nSPS) is 20.7. The van der Waals surface area contributed by atoms with E-state index in [0.29, 0.717) is 23.7 Å². The molecule has 0 bridgehead atoms. The molecule has 1 aliphatic rings. The zero-order chi connectivity index (χ0) is 17.8. The zero-order valence-electron chi connectivity index (χ0n) is 14.1. The highest BCUT2D eigenvalue weighted by Crippen LogP contribution is 2.24. The molecular weight excluding hydrogens is 322 g/mol. The quantitative estimate of drug-likeness (QED) is 0.653. The molecule has 7 nitrogen and oxygen atoms in total. The SMILES string of the molecule is COC(=O)[C@H]1CCCCC[C@@H]1NC(=O)c1nc2ccccc2c(=O)[nH]1. The fourth-order valence-corrected chi connectivity index (χ4v) is 3.34. The number of carbonyl (C=O) groups is 2. The van der Waals surface area contributed by atoms with Gasteiger partial charge in [0.25, 0.3) is 11.5 Å². The standard InChI is InChI=1S/C18H21N3O4/c1-25-18(24)12-8-3-2-4-9-14(12)20-17(23)15-19-13-10-6-5-7-11(13)16(22)21-15/h5-7,10,12,14H,2-4,8-9H2,1H3,(H,20,23)(H,19,21,22)/t12-,14-/m0/s1. The van der Waals surface area contributed by atoms with Crippen molar-refractivity contribution in [2.75, 3.05) is 7.11 Å². The molecule has 1 aliphatic carbocycles. The van der Waals surface area contributed by atoms with Crippen molar-refractivity contribution in [3.8, 4) is 0 Å². The smallest absolute Gasteiger partial charge is 0.310 e. The lowest BCUT2D eigenvalue weighted by Crippen LogP contribution is -2.44. The second-order valence-electron chi connectivity index (χ2n) is 6.28. The number of H-pyrrole nitrogens is 1. The van der Waals surface area contributed by atoms with Gasteiger partial charge in [0.2, 0.25) is 0 Å². The molecule has 2 atom stereocenters. The van der Waals surface area contributed by atoms with Crippen molar-refractivity contribution in [2.24, 2.45) is 5.92 Å². The number of aromatic amines is 1. The third-order valence-corrected chi connectivity index (χ3v) is 4.66. The number of ether oxygens (including phenoxy) is 1. The Balaban J connectivity index is 1.85. The van der Waals surface area contributed by atoms with Crippen molar-refractivity contribution in [3.63, 3.8) is 0 Å². The molecule has 1 saturated carbocycles. The Bertz CT molecular complexity index is 846. The summed E-state index contributed by atoms with van der Waals surface area (Å²) in [7, 11) is 1.36. The van der Waals surface area contributed by atoms with E-state index in [-0.39, 0.29) is 29.3 Å². The van der Waals surface area contributed by atoms with Crippen LogP contribution in [-0.4, -0.2) is 35.0 Å².